The summed E-state index contributed by atoms with van der Waals surface area (Å²) < 4.78 is 5.59. The lowest BCUT2D eigenvalue weighted by Crippen LogP contribution is -2.30. The highest BCUT2D eigenvalue weighted by Crippen LogP contribution is 2.33. The number of imide groups is 1. The van der Waals surface area contributed by atoms with Crippen LogP contribution in [0.1, 0.15) is 42.4 Å². The Kier molecular flexibility index (Phi) is 4.22. The van der Waals surface area contributed by atoms with Crippen molar-refractivity contribution in [2.75, 3.05) is 10.2 Å². The molecule has 1 N–H and O–H groups in total. The monoisotopic (exact) mass is 410 g/mol. The van der Waals surface area contributed by atoms with Crippen LogP contribution < -0.4 is 10.2 Å². The van der Waals surface area contributed by atoms with E-state index >= 15 is 0 Å². The molecule has 0 spiro atoms. The molecule has 31 heavy (non-hydrogen) atoms. The average molecular weight is 410 g/mol. The third-order valence-corrected chi connectivity index (χ3v) is 5.61. The molecule has 0 atom stereocenters. The van der Waals surface area contributed by atoms with Crippen LogP contribution in [0.3, 0.4) is 0 Å². The van der Waals surface area contributed by atoms with Crippen molar-refractivity contribution in [2.24, 2.45) is 0 Å². The maximum Gasteiger partial charge on any atom is 0.291 e. The van der Waals surface area contributed by atoms with Crippen LogP contribution in [-0.2, 0) is 0 Å². The molecule has 1 aromatic heterocycles. The van der Waals surface area contributed by atoms with Gasteiger partial charge >= 0.3 is 0 Å². The number of benzene rings is 3. The normalized spacial score (nSPS) is 13.0. The Labute approximate surface area is 178 Å². The zero-order chi connectivity index (χ0) is 21.7. The zero-order valence-electron chi connectivity index (χ0n) is 16.9. The van der Waals surface area contributed by atoms with E-state index in [4.69, 9.17) is 4.42 Å². The predicted octanol–water partition coefficient (Wildman–Crippen LogP) is 5.10. The predicted molar refractivity (Wildman–Crippen MR) is 118 cm³/mol. The molecule has 152 valence electrons. The highest BCUT2D eigenvalue weighted by atomic mass is 16.3. The number of amides is 3. The number of carbonyl (C=O) groups excluding carboxylic acids is 3. The summed E-state index contributed by atoms with van der Waals surface area (Å²) in [5, 5.41) is 3.57. The van der Waals surface area contributed by atoms with Crippen LogP contribution in [0, 0.1) is 13.8 Å². The Bertz CT molecular complexity index is 1370. The number of hydrogen-bond donors (Lipinski definition) is 1. The van der Waals surface area contributed by atoms with E-state index in [0.29, 0.717) is 22.5 Å². The van der Waals surface area contributed by atoms with Crippen molar-refractivity contribution in [1.82, 2.24) is 0 Å². The third kappa shape index (κ3) is 3.00. The summed E-state index contributed by atoms with van der Waals surface area (Å²) in [5.74, 6) is -1.04. The standard InChI is InChI=1S/C25H18N2O4/c1-14-6-5-8-20(15(14)2)27-24(29)18-11-10-17(13-19(18)25(27)30)26-23(28)22-12-16-7-3-4-9-21(16)31-22/h3-13H,1-2H3,(H,26,28). The highest BCUT2D eigenvalue weighted by molar-refractivity contribution is 6.35. The molecule has 0 bridgehead atoms. The van der Waals surface area contributed by atoms with Crippen LogP contribution in [0.25, 0.3) is 11.0 Å². The fourth-order valence-electron chi connectivity index (χ4n) is 3.80. The fraction of sp³-hybridized carbons (Fsp3) is 0.0800. The first kappa shape index (κ1) is 18.8. The third-order valence-electron chi connectivity index (χ3n) is 5.61. The first-order valence-corrected chi connectivity index (χ1v) is 9.83. The molecule has 6 heteroatoms. The SMILES string of the molecule is Cc1cccc(N2C(=O)c3ccc(NC(=O)c4cc5ccccc5o4)cc3C2=O)c1C. The summed E-state index contributed by atoms with van der Waals surface area (Å²) in [6.07, 6.45) is 0. The zero-order valence-corrected chi connectivity index (χ0v) is 16.9. The smallest absolute Gasteiger partial charge is 0.291 e. The highest BCUT2D eigenvalue weighted by Gasteiger charge is 2.37. The van der Waals surface area contributed by atoms with E-state index in [1.165, 1.54) is 11.0 Å². The van der Waals surface area contributed by atoms with Crippen molar-refractivity contribution >= 4 is 40.1 Å². The molecule has 2 heterocycles. The van der Waals surface area contributed by atoms with Crippen LogP contribution in [0.2, 0.25) is 0 Å². The van der Waals surface area contributed by atoms with E-state index in [-0.39, 0.29) is 17.2 Å². The number of anilines is 2. The van der Waals surface area contributed by atoms with Crippen molar-refractivity contribution < 1.29 is 18.8 Å². The van der Waals surface area contributed by atoms with Crippen molar-refractivity contribution in [3.05, 3.63) is 94.7 Å². The lowest BCUT2D eigenvalue weighted by Gasteiger charge is -2.17. The maximum atomic E-state index is 13.1. The Balaban J connectivity index is 1.45. The first-order valence-electron chi connectivity index (χ1n) is 9.83. The number of rotatable bonds is 3. The van der Waals surface area contributed by atoms with E-state index in [1.54, 1.807) is 30.3 Å². The molecule has 4 aromatic rings. The van der Waals surface area contributed by atoms with Gasteiger partial charge in [0, 0.05) is 11.1 Å². The molecule has 0 saturated carbocycles. The van der Waals surface area contributed by atoms with Gasteiger partial charge in [-0.25, -0.2) is 4.90 Å². The number of aryl methyl sites for hydroxylation is 1. The van der Waals surface area contributed by atoms with E-state index in [2.05, 4.69) is 5.32 Å². The lowest BCUT2D eigenvalue weighted by molar-refractivity contribution is 0.0924. The Morgan fingerprint density at radius 1 is 0.871 bits per heavy atom. The molecule has 0 radical (unpaired) electrons. The van der Waals surface area contributed by atoms with Crippen LogP contribution in [0.5, 0.6) is 0 Å². The van der Waals surface area contributed by atoms with Crippen molar-refractivity contribution in [3.8, 4) is 0 Å². The molecule has 3 amide bonds. The van der Waals surface area contributed by atoms with Crippen LogP contribution in [0.15, 0.2) is 71.1 Å². The number of fused-ring (bicyclic) bond motifs is 2. The van der Waals surface area contributed by atoms with Gasteiger partial charge in [0.25, 0.3) is 17.7 Å². The molecule has 6 nitrogen and oxygen atoms in total. The quantitative estimate of drug-likeness (QED) is 0.477. The van der Waals surface area contributed by atoms with Crippen LogP contribution >= 0.6 is 0 Å². The molecular formula is C25H18N2O4. The van der Waals surface area contributed by atoms with Gasteiger partial charge in [-0.2, -0.15) is 0 Å². The number of furan rings is 1. The fourth-order valence-corrected chi connectivity index (χ4v) is 3.80. The Hall–Kier alpha value is -4.19. The second-order valence-corrected chi connectivity index (χ2v) is 7.53. The van der Waals surface area contributed by atoms with Gasteiger partial charge in [-0.05, 0) is 61.4 Å². The molecule has 3 aromatic carbocycles. The maximum absolute atomic E-state index is 13.1. The number of para-hydroxylation sites is 1. The molecule has 0 unspecified atom stereocenters. The van der Waals surface area contributed by atoms with Gasteiger partial charge in [-0.1, -0.05) is 30.3 Å². The summed E-state index contributed by atoms with van der Waals surface area (Å²) >= 11 is 0. The van der Waals surface area contributed by atoms with Gasteiger partial charge in [0.15, 0.2) is 5.76 Å². The van der Waals surface area contributed by atoms with E-state index < -0.39 is 11.8 Å². The second-order valence-electron chi connectivity index (χ2n) is 7.53. The van der Waals surface area contributed by atoms with Gasteiger partial charge < -0.3 is 9.73 Å². The van der Waals surface area contributed by atoms with Gasteiger partial charge in [0.05, 0.1) is 16.8 Å². The Morgan fingerprint density at radius 2 is 1.65 bits per heavy atom. The molecule has 5 rings (SSSR count). The first-order chi connectivity index (χ1) is 14.9. The largest absolute Gasteiger partial charge is 0.451 e. The second kappa shape index (κ2) is 6.95. The molecule has 0 saturated heterocycles. The van der Waals surface area contributed by atoms with E-state index in [1.807, 2.05) is 44.2 Å². The van der Waals surface area contributed by atoms with Crippen molar-refractivity contribution in [2.45, 2.75) is 13.8 Å². The van der Waals surface area contributed by atoms with Gasteiger partial charge in [-0.15, -0.1) is 0 Å². The summed E-state index contributed by atoms with van der Waals surface area (Å²) in [7, 11) is 0. The Morgan fingerprint density at radius 3 is 2.45 bits per heavy atom. The summed E-state index contributed by atoms with van der Waals surface area (Å²) in [4.78, 5) is 39.8. The van der Waals surface area contributed by atoms with E-state index in [9.17, 15) is 14.4 Å². The van der Waals surface area contributed by atoms with Crippen LogP contribution in [-0.4, -0.2) is 17.7 Å². The van der Waals surface area contributed by atoms with Crippen molar-refractivity contribution in [1.29, 1.82) is 0 Å². The van der Waals surface area contributed by atoms with Crippen molar-refractivity contribution in [3.63, 3.8) is 0 Å². The minimum Gasteiger partial charge on any atom is -0.451 e. The van der Waals surface area contributed by atoms with Crippen LogP contribution in [0.4, 0.5) is 11.4 Å². The van der Waals surface area contributed by atoms with Gasteiger partial charge in [-0.3, -0.25) is 14.4 Å². The summed E-state index contributed by atoms with van der Waals surface area (Å²) in [5.41, 5.74) is 4.03. The van der Waals surface area contributed by atoms with Gasteiger partial charge in [0.1, 0.15) is 5.58 Å². The lowest BCUT2D eigenvalue weighted by atomic mass is 10.1. The minimum absolute atomic E-state index is 0.168. The summed E-state index contributed by atoms with van der Waals surface area (Å²) in [6, 6.07) is 19.2. The number of nitrogens with zero attached hydrogens (tertiary/aromatic N) is 1. The molecule has 1 aliphatic heterocycles. The number of carbonyl (C=O) groups is 3. The number of hydrogen-bond acceptors (Lipinski definition) is 4. The molecule has 0 aliphatic carbocycles. The van der Waals surface area contributed by atoms with E-state index in [0.717, 1.165) is 16.5 Å². The minimum atomic E-state index is -0.431. The molecular weight excluding hydrogens is 392 g/mol. The average Bonchev–Trinajstić information content (AvgIpc) is 3.30. The number of nitrogens with one attached hydrogen (secondary N) is 1. The molecule has 0 fully saturated rings. The van der Waals surface area contributed by atoms with Gasteiger partial charge in [0.2, 0.25) is 0 Å². The molecule has 1 aliphatic rings. The topological polar surface area (TPSA) is 79.6 Å². The summed E-state index contributed by atoms with van der Waals surface area (Å²) in [6.45, 7) is 3.82.